The third-order valence-corrected chi connectivity index (χ3v) is 23.2. The Labute approximate surface area is 649 Å². The molecule has 0 spiro atoms. The van der Waals surface area contributed by atoms with E-state index >= 15 is 0 Å². The largest absolute Gasteiger partial charge is 2.00 e. The van der Waals surface area contributed by atoms with Gasteiger partial charge in [-0.25, -0.2) is 16.8 Å². The van der Waals surface area contributed by atoms with E-state index in [1.807, 2.05) is 12.1 Å². The van der Waals surface area contributed by atoms with Crippen molar-refractivity contribution in [2.45, 2.75) is 512 Å². The van der Waals surface area contributed by atoms with E-state index in [4.69, 9.17) is 0 Å². The predicted molar refractivity (Wildman–Crippen MR) is 435 cm³/mol. The van der Waals surface area contributed by atoms with Crippen molar-refractivity contribution < 1.29 is 25.9 Å². The second kappa shape index (κ2) is 78.6. The molecule has 0 fully saturated rings. The van der Waals surface area contributed by atoms with E-state index in [0.29, 0.717) is 0 Å². The molecule has 2 aromatic rings. The van der Waals surface area contributed by atoms with Gasteiger partial charge in [0.1, 0.15) is 20.2 Å². The van der Waals surface area contributed by atoms with Crippen LogP contribution in [0.3, 0.4) is 0 Å². The van der Waals surface area contributed by atoms with Crippen LogP contribution in [0.25, 0.3) is 0 Å². The summed E-state index contributed by atoms with van der Waals surface area (Å²) in [6, 6.07) is 13.0. The van der Waals surface area contributed by atoms with E-state index in [1.165, 1.54) is 487 Å². The van der Waals surface area contributed by atoms with Crippen LogP contribution >= 0.6 is 0 Å². The third kappa shape index (κ3) is 74.2. The second-order valence-electron chi connectivity index (χ2n) is 31.2. The maximum atomic E-state index is 11.2. The molecule has 0 aromatic heterocycles. The van der Waals surface area contributed by atoms with E-state index in [9.17, 15) is 25.9 Å². The van der Waals surface area contributed by atoms with Gasteiger partial charge in [0.2, 0.25) is 0 Å². The van der Waals surface area contributed by atoms with Crippen LogP contribution in [0.2, 0.25) is 0 Å². The molecule has 0 aliphatic rings. The van der Waals surface area contributed by atoms with Crippen molar-refractivity contribution in [1.82, 2.24) is 0 Å². The minimum Gasteiger partial charge on any atom is -0.744 e. The number of unbranched alkanes of at least 4 members (excludes halogenated alkanes) is 72. The van der Waals surface area contributed by atoms with Gasteiger partial charge in [-0.15, -0.1) is 0 Å². The molecule has 2 rings (SSSR count). The summed E-state index contributed by atoms with van der Waals surface area (Å²) in [5.74, 6) is 0. The van der Waals surface area contributed by atoms with Gasteiger partial charge < -0.3 is 9.11 Å². The molecule has 6 nitrogen and oxygen atoms in total. The van der Waals surface area contributed by atoms with E-state index in [0.717, 1.165) is 36.8 Å². The Morgan fingerprint density at radius 2 is 0.323 bits per heavy atom. The molecule has 2 aromatic carbocycles. The van der Waals surface area contributed by atoms with Crippen LogP contribution < -0.4 is 0 Å². The van der Waals surface area contributed by atoms with E-state index in [1.54, 1.807) is 12.1 Å². The fraction of sp³-hybridized carbons (Fsp3) is 0.867. The molecular weight excluding hydrogens is 1280 g/mol. The van der Waals surface area contributed by atoms with Gasteiger partial charge in [0, 0.05) is 0 Å². The minimum absolute atomic E-state index is 0. The zero-order valence-corrected chi connectivity index (χ0v) is 70.2. The van der Waals surface area contributed by atoms with Gasteiger partial charge in [-0.05, 0) is 61.1 Å². The molecule has 0 saturated carbocycles. The molecule has 0 heterocycles. The van der Waals surface area contributed by atoms with Gasteiger partial charge in [0.05, 0.1) is 9.79 Å². The molecule has 99 heavy (non-hydrogen) atoms. The Kier molecular flexibility index (Phi) is 78.2. The summed E-state index contributed by atoms with van der Waals surface area (Å²) in [5, 5.41) is 0. The summed E-state index contributed by atoms with van der Waals surface area (Å²) < 4.78 is 67.0. The van der Waals surface area contributed by atoms with Gasteiger partial charge in [0.15, 0.2) is 0 Å². The second-order valence-corrected chi connectivity index (χ2v) is 33.9. The molecule has 0 N–H and O–H groups in total. The molecule has 0 atom stereocenters. The van der Waals surface area contributed by atoms with Crippen molar-refractivity contribution in [3.63, 3.8) is 0 Å². The Hall–Kier alpha value is -0.480. The summed E-state index contributed by atoms with van der Waals surface area (Å²) in [7, 11) is -8.70. The summed E-state index contributed by atoms with van der Waals surface area (Å²) in [6.07, 6.45) is 107. The van der Waals surface area contributed by atoms with E-state index in [2.05, 4.69) is 13.8 Å². The average molecular weight is 1450 g/mol. The maximum Gasteiger partial charge on any atom is 2.00 e. The number of benzene rings is 2. The van der Waals surface area contributed by atoms with Crippen molar-refractivity contribution in [1.29, 1.82) is 0 Å². The topological polar surface area (TPSA) is 114 Å². The van der Waals surface area contributed by atoms with Crippen LogP contribution in [-0.4, -0.2) is 63.7 Å². The van der Waals surface area contributed by atoms with Crippen LogP contribution in [0.15, 0.2) is 58.3 Å². The first-order valence-corrected chi connectivity index (χ1v) is 47.0. The predicted octanol–water partition coefficient (Wildman–Crippen LogP) is 30.8. The van der Waals surface area contributed by atoms with E-state index in [-0.39, 0.29) is 47.5 Å². The van der Waals surface area contributed by atoms with Crippen LogP contribution in [0.1, 0.15) is 500 Å². The van der Waals surface area contributed by atoms with Crippen LogP contribution in [0, 0.1) is 0 Å². The summed E-state index contributed by atoms with van der Waals surface area (Å²) >= 11 is 0. The smallest absolute Gasteiger partial charge is 0.744 e. The number of aryl methyl sites for hydroxylation is 2. The molecular formula is C90H166CaO6S2. The Morgan fingerprint density at radius 3 is 0.444 bits per heavy atom. The first-order chi connectivity index (χ1) is 48.1. The standard InChI is InChI=1S/2C45H84O3S.Ca/c2*1-2-3-4-5-6-7-8-9-10-11-12-13-14-15-16-17-18-19-20-21-22-23-24-25-26-27-28-29-30-31-32-33-34-35-36-37-38-40-44-41-39-42-45(43-44)49(46,47)48;/h2*39,41-43H,2-38,40H2,1H3,(H,46,47,48);/q;;+2/p-2. The van der Waals surface area contributed by atoms with Crippen molar-refractivity contribution in [3.8, 4) is 0 Å². The number of rotatable bonds is 78. The number of hydrogen-bond acceptors (Lipinski definition) is 6. The third-order valence-electron chi connectivity index (χ3n) is 21.5. The molecule has 576 valence electrons. The summed E-state index contributed by atoms with van der Waals surface area (Å²) in [5.41, 5.74) is 1.90. The fourth-order valence-electron chi connectivity index (χ4n) is 14.9. The molecule has 0 bridgehead atoms. The van der Waals surface area contributed by atoms with Crippen molar-refractivity contribution in [3.05, 3.63) is 59.7 Å². The Balaban J connectivity index is 0.00000192. The average Bonchev–Trinajstić information content (AvgIpc) is 0.879. The van der Waals surface area contributed by atoms with Crippen molar-refractivity contribution in [2.75, 3.05) is 0 Å². The normalized spacial score (nSPS) is 11.8. The zero-order valence-electron chi connectivity index (χ0n) is 66.3. The number of hydrogen-bond donors (Lipinski definition) is 0. The molecule has 0 saturated heterocycles. The van der Waals surface area contributed by atoms with E-state index < -0.39 is 20.2 Å². The van der Waals surface area contributed by atoms with Gasteiger partial charge in [0.25, 0.3) is 0 Å². The Bertz CT molecular complexity index is 1980. The van der Waals surface area contributed by atoms with Crippen LogP contribution in [0.5, 0.6) is 0 Å². The molecule has 0 aliphatic carbocycles. The first kappa shape index (κ1) is 98.5. The van der Waals surface area contributed by atoms with Crippen molar-refractivity contribution in [2.24, 2.45) is 0 Å². The SMILES string of the molecule is CCCCCCCCCCCCCCCCCCCCCCCCCCCCCCCCCCCCCCCc1cccc(S(=O)(=O)[O-])c1.CCCCCCCCCCCCCCCCCCCCCCCCCCCCCCCCCCCCCCCc1cccc(S(=O)(=O)[O-])c1.[Ca+2]. The van der Waals surface area contributed by atoms with Gasteiger partial charge in [-0.3, -0.25) is 0 Å². The summed E-state index contributed by atoms with van der Waals surface area (Å²) in [6.45, 7) is 4.61. The molecule has 0 radical (unpaired) electrons. The Morgan fingerprint density at radius 1 is 0.202 bits per heavy atom. The van der Waals surface area contributed by atoms with Gasteiger partial charge in [-0.1, -0.05) is 500 Å². The monoisotopic (exact) mass is 1450 g/mol. The molecule has 0 unspecified atom stereocenters. The zero-order chi connectivity index (χ0) is 70.7. The minimum atomic E-state index is -4.35. The molecule has 0 amide bonds. The van der Waals surface area contributed by atoms with Gasteiger partial charge >= 0.3 is 37.7 Å². The van der Waals surface area contributed by atoms with Crippen LogP contribution in [-0.2, 0) is 33.1 Å². The molecule has 9 heteroatoms. The first-order valence-electron chi connectivity index (χ1n) is 44.2. The quantitative estimate of drug-likeness (QED) is 0.0370. The summed E-state index contributed by atoms with van der Waals surface area (Å²) in [4.78, 5) is -0.210. The van der Waals surface area contributed by atoms with Gasteiger partial charge in [-0.2, -0.15) is 0 Å². The molecule has 0 aliphatic heterocycles. The fourth-order valence-corrected chi connectivity index (χ4v) is 16.0. The van der Waals surface area contributed by atoms with Crippen molar-refractivity contribution >= 4 is 58.0 Å². The van der Waals surface area contributed by atoms with Crippen LogP contribution in [0.4, 0.5) is 0 Å². The maximum absolute atomic E-state index is 11.2.